The monoisotopic (exact) mass is 566 g/mol. The second kappa shape index (κ2) is 12.8. The minimum atomic E-state index is -3.86. The maximum Gasteiger partial charge on any atom is 0.264 e. The highest BCUT2D eigenvalue weighted by Crippen LogP contribution is 2.32. The number of nitrogens with one attached hydrogen (secondary N) is 1. The van der Waals surface area contributed by atoms with Gasteiger partial charge in [0, 0.05) is 31.1 Å². The molecule has 0 atom stereocenters. The highest BCUT2D eigenvalue weighted by molar-refractivity contribution is 7.90. The van der Waals surface area contributed by atoms with Gasteiger partial charge in [-0.1, -0.05) is 48.7 Å². The van der Waals surface area contributed by atoms with Crippen LogP contribution in [0.5, 0.6) is 5.75 Å². The molecule has 0 aromatic heterocycles. The minimum absolute atomic E-state index is 0.140. The van der Waals surface area contributed by atoms with E-state index < -0.39 is 10.0 Å². The minimum Gasteiger partial charge on any atom is -0.490 e. The van der Waals surface area contributed by atoms with Gasteiger partial charge in [0.05, 0.1) is 14.9 Å². The first-order valence-electron chi connectivity index (χ1n) is 13.3. The van der Waals surface area contributed by atoms with Crippen molar-refractivity contribution in [3.8, 4) is 5.75 Å². The molecule has 1 amide bonds. The van der Waals surface area contributed by atoms with Crippen LogP contribution in [0, 0.1) is 5.92 Å². The Kier molecular flexibility index (Phi) is 9.79. The van der Waals surface area contributed by atoms with E-state index in [1.807, 2.05) is 18.2 Å². The van der Waals surface area contributed by atoms with E-state index in [2.05, 4.69) is 16.5 Å². The van der Waals surface area contributed by atoms with Gasteiger partial charge >= 0.3 is 0 Å². The molecule has 4 rings (SSSR count). The van der Waals surface area contributed by atoms with Crippen LogP contribution in [0.15, 0.2) is 47.4 Å². The topological polar surface area (TPSA) is 75.7 Å². The summed E-state index contributed by atoms with van der Waals surface area (Å²) in [5.41, 5.74) is 1.11. The van der Waals surface area contributed by atoms with Crippen molar-refractivity contribution in [2.75, 3.05) is 13.1 Å². The van der Waals surface area contributed by atoms with Crippen molar-refractivity contribution < 1.29 is 17.9 Å². The molecule has 202 valence electrons. The lowest BCUT2D eigenvalue weighted by Crippen LogP contribution is -2.46. The molecule has 6 nitrogen and oxygen atoms in total. The Labute approximate surface area is 230 Å². The molecule has 1 aliphatic carbocycles. The molecule has 0 unspecified atom stereocenters. The van der Waals surface area contributed by atoms with Crippen LogP contribution in [0.1, 0.15) is 63.9 Å². The number of unbranched alkanes of at least 4 members (excludes halogenated alkanes) is 1. The molecule has 37 heavy (non-hydrogen) atoms. The molecule has 0 bridgehead atoms. The van der Waals surface area contributed by atoms with Gasteiger partial charge in [-0.2, -0.15) is 0 Å². The Hall–Kier alpha value is -1.80. The highest BCUT2D eigenvalue weighted by Gasteiger charge is 2.33. The van der Waals surface area contributed by atoms with Crippen molar-refractivity contribution in [2.24, 2.45) is 5.92 Å². The SMILES string of the molecule is CCCCc1ccc(S(=O)(=O)NC(=O)C2CCC(N3CCC(Oc4ccc(Cl)c(Cl)c4)CC3)CC2)cc1. The summed E-state index contributed by atoms with van der Waals surface area (Å²) in [5, 5.41) is 1.01. The van der Waals surface area contributed by atoms with Crippen LogP contribution < -0.4 is 9.46 Å². The molecule has 1 N–H and O–H groups in total. The maximum absolute atomic E-state index is 12.8. The van der Waals surface area contributed by atoms with E-state index >= 15 is 0 Å². The average molecular weight is 568 g/mol. The van der Waals surface area contributed by atoms with Crippen LogP contribution in [-0.2, 0) is 21.2 Å². The number of likely N-dealkylation sites (tertiary alicyclic amines) is 1. The van der Waals surface area contributed by atoms with Gasteiger partial charge in [-0.05, 0) is 81.2 Å². The smallest absolute Gasteiger partial charge is 0.264 e. The summed E-state index contributed by atoms with van der Waals surface area (Å²) in [6.45, 7) is 4.01. The van der Waals surface area contributed by atoms with Crippen molar-refractivity contribution in [3.63, 3.8) is 0 Å². The molecular weight excluding hydrogens is 531 g/mol. The van der Waals surface area contributed by atoms with E-state index in [0.29, 0.717) is 28.9 Å². The average Bonchev–Trinajstić information content (AvgIpc) is 2.90. The van der Waals surface area contributed by atoms with E-state index in [0.717, 1.165) is 69.3 Å². The van der Waals surface area contributed by atoms with Gasteiger partial charge in [0.25, 0.3) is 10.0 Å². The van der Waals surface area contributed by atoms with Crippen molar-refractivity contribution >= 4 is 39.1 Å². The van der Waals surface area contributed by atoms with Gasteiger partial charge in [-0.15, -0.1) is 0 Å². The molecule has 1 saturated heterocycles. The van der Waals surface area contributed by atoms with Crippen LogP contribution in [0.3, 0.4) is 0 Å². The lowest BCUT2D eigenvalue weighted by atomic mass is 9.84. The second-order valence-electron chi connectivity index (χ2n) is 10.2. The Morgan fingerprint density at radius 3 is 2.27 bits per heavy atom. The zero-order valence-electron chi connectivity index (χ0n) is 21.3. The van der Waals surface area contributed by atoms with Gasteiger partial charge in [0.2, 0.25) is 5.91 Å². The number of nitrogens with zero attached hydrogens (tertiary/aromatic N) is 1. The van der Waals surface area contributed by atoms with Gasteiger partial charge < -0.3 is 9.64 Å². The van der Waals surface area contributed by atoms with Crippen LogP contribution in [0.4, 0.5) is 0 Å². The van der Waals surface area contributed by atoms with Crippen molar-refractivity contribution in [2.45, 2.75) is 81.8 Å². The fraction of sp³-hybridized carbons (Fsp3) is 0.536. The normalized spacial score (nSPS) is 21.5. The number of amides is 1. The number of hydrogen-bond donors (Lipinski definition) is 1. The first-order chi connectivity index (χ1) is 17.7. The molecule has 9 heteroatoms. The van der Waals surface area contributed by atoms with Gasteiger partial charge in [0.1, 0.15) is 11.9 Å². The molecular formula is C28H36Cl2N2O4S. The van der Waals surface area contributed by atoms with Crippen LogP contribution in [0.25, 0.3) is 0 Å². The molecule has 1 aliphatic heterocycles. The van der Waals surface area contributed by atoms with Crippen LogP contribution >= 0.6 is 23.2 Å². The number of carbonyl (C=O) groups is 1. The summed E-state index contributed by atoms with van der Waals surface area (Å²) < 4.78 is 33.9. The molecule has 2 aliphatic rings. The number of piperidine rings is 1. The predicted molar refractivity (Wildman–Crippen MR) is 148 cm³/mol. The van der Waals surface area contributed by atoms with Gasteiger partial charge in [0.15, 0.2) is 0 Å². The molecule has 2 aromatic carbocycles. The number of rotatable bonds is 9. The number of ether oxygens (including phenoxy) is 1. The predicted octanol–water partition coefficient (Wildman–Crippen LogP) is 6.24. The van der Waals surface area contributed by atoms with E-state index in [-0.39, 0.29) is 22.8 Å². The number of sulfonamides is 1. The lowest BCUT2D eigenvalue weighted by molar-refractivity contribution is -0.124. The third kappa shape index (κ3) is 7.62. The summed E-state index contributed by atoms with van der Waals surface area (Å²) in [7, 11) is -3.86. The Morgan fingerprint density at radius 1 is 0.973 bits per heavy atom. The van der Waals surface area contributed by atoms with Gasteiger partial charge in [-0.25, -0.2) is 13.1 Å². The van der Waals surface area contributed by atoms with E-state index in [9.17, 15) is 13.2 Å². The maximum atomic E-state index is 12.8. The van der Waals surface area contributed by atoms with Crippen molar-refractivity contribution in [3.05, 3.63) is 58.1 Å². The molecule has 0 spiro atoms. The third-order valence-electron chi connectivity index (χ3n) is 7.54. The Bertz CT molecular complexity index is 1160. The highest BCUT2D eigenvalue weighted by atomic mass is 35.5. The van der Waals surface area contributed by atoms with Crippen LogP contribution in [0.2, 0.25) is 10.0 Å². The zero-order valence-corrected chi connectivity index (χ0v) is 23.6. The molecule has 1 heterocycles. The van der Waals surface area contributed by atoms with E-state index in [1.54, 1.807) is 24.3 Å². The van der Waals surface area contributed by atoms with Crippen molar-refractivity contribution in [1.82, 2.24) is 9.62 Å². The fourth-order valence-electron chi connectivity index (χ4n) is 5.30. The summed E-state index contributed by atoms with van der Waals surface area (Å²) in [4.78, 5) is 15.4. The lowest BCUT2D eigenvalue weighted by Gasteiger charge is -2.40. The zero-order chi connectivity index (χ0) is 26.4. The van der Waals surface area contributed by atoms with Crippen LogP contribution in [-0.4, -0.2) is 44.5 Å². The molecule has 1 saturated carbocycles. The number of benzene rings is 2. The standard InChI is InChI=1S/C28H36Cl2N2O4S/c1-2-3-4-20-5-12-25(13-6-20)37(34,35)31-28(33)21-7-9-22(10-8-21)32-17-15-23(16-18-32)36-24-11-14-26(29)27(30)19-24/h5-6,11-14,19,21-23H,2-4,7-10,15-18H2,1H3,(H,31,33). The first-order valence-corrected chi connectivity index (χ1v) is 15.5. The van der Waals surface area contributed by atoms with Gasteiger partial charge in [-0.3, -0.25) is 4.79 Å². The Morgan fingerprint density at radius 2 is 1.65 bits per heavy atom. The molecule has 2 aromatic rings. The summed E-state index contributed by atoms with van der Waals surface area (Å²) in [6.07, 6.45) is 8.25. The Balaban J connectivity index is 1.21. The number of hydrogen-bond acceptors (Lipinski definition) is 5. The summed E-state index contributed by atoms with van der Waals surface area (Å²) in [6, 6.07) is 12.6. The molecule has 2 fully saturated rings. The fourth-order valence-corrected chi connectivity index (χ4v) is 6.63. The number of carbonyl (C=O) groups excluding carboxylic acids is 1. The quantitative estimate of drug-likeness (QED) is 0.388. The number of halogens is 2. The van der Waals surface area contributed by atoms with Crippen molar-refractivity contribution in [1.29, 1.82) is 0 Å². The summed E-state index contributed by atoms with van der Waals surface area (Å²) >= 11 is 12.1. The number of aryl methyl sites for hydroxylation is 1. The van der Waals surface area contributed by atoms with E-state index in [1.165, 1.54) is 0 Å². The van der Waals surface area contributed by atoms with E-state index in [4.69, 9.17) is 27.9 Å². The third-order valence-corrected chi connectivity index (χ3v) is 9.64. The summed E-state index contributed by atoms with van der Waals surface area (Å²) in [5.74, 6) is 0.0781. The molecule has 0 radical (unpaired) electrons. The first kappa shape index (κ1) is 28.2. The largest absolute Gasteiger partial charge is 0.490 e. The second-order valence-corrected chi connectivity index (χ2v) is 12.6.